The summed E-state index contributed by atoms with van der Waals surface area (Å²) in [6.45, 7) is 6.25. The first-order chi connectivity index (χ1) is 8.42. The first-order valence-electron chi connectivity index (χ1n) is 5.89. The average Bonchev–Trinajstić information content (AvgIpc) is 2.28. The maximum Gasteiger partial charge on any atom is 0.240 e. The van der Waals surface area contributed by atoms with Gasteiger partial charge in [-0.3, -0.25) is 0 Å². The van der Waals surface area contributed by atoms with Crippen LogP contribution in [0.3, 0.4) is 0 Å². The molecule has 4 heteroatoms. The van der Waals surface area contributed by atoms with E-state index in [0.29, 0.717) is 5.92 Å². The third-order valence-corrected chi connectivity index (χ3v) is 3.69. The second-order valence-corrected chi connectivity index (χ2v) is 6.21. The van der Waals surface area contributed by atoms with E-state index in [0.717, 1.165) is 5.56 Å². The number of hydrogen-bond donors (Lipinski definition) is 1. The van der Waals surface area contributed by atoms with Crippen LogP contribution in [0.25, 0.3) is 0 Å². The van der Waals surface area contributed by atoms with Gasteiger partial charge in [0.1, 0.15) is 0 Å². The molecule has 1 rings (SSSR count). The average molecular weight is 265 g/mol. The Morgan fingerprint density at radius 1 is 1.28 bits per heavy atom. The Morgan fingerprint density at radius 2 is 1.89 bits per heavy atom. The van der Waals surface area contributed by atoms with Crippen LogP contribution < -0.4 is 4.72 Å². The van der Waals surface area contributed by atoms with E-state index in [1.54, 1.807) is 30.3 Å². The van der Waals surface area contributed by atoms with Crippen LogP contribution in [0.5, 0.6) is 0 Å². The lowest BCUT2D eigenvalue weighted by Crippen LogP contribution is -2.23. The maximum atomic E-state index is 11.9. The second kappa shape index (κ2) is 6.55. The molecule has 0 atom stereocenters. The topological polar surface area (TPSA) is 46.2 Å². The summed E-state index contributed by atoms with van der Waals surface area (Å²) in [6, 6.07) is 6.77. The van der Waals surface area contributed by atoms with Gasteiger partial charge in [-0.15, -0.1) is 5.73 Å². The smallest absolute Gasteiger partial charge is 0.207 e. The van der Waals surface area contributed by atoms with E-state index in [4.69, 9.17) is 0 Å². The molecule has 0 fully saturated rings. The monoisotopic (exact) mass is 265 g/mol. The van der Waals surface area contributed by atoms with Crippen LogP contribution in [-0.4, -0.2) is 15.0 Å². The maximum absolute atomic E-state index is 11.9. The molecule has 98 valence electrons. The molecule has 3 nitrogen and oxygen atoms in total. The lowest BCUT2D eigenvalue weighted by atomic mass is 10.2. The Kier molecular flexibility index (Phi) is 5.35. The third kappa shape index (κ3) is 4.88. The Labute approximate surface area is 109 Å². The molecule has 1 N–H and O–H groups in total. The molecule has 0 unspecified atom stereocenters. The quantitative estimate of drug-likeness (QED) is 0.832. The summed E-state index contributed by atoms with van der Waals surface area (Å²) in [7, 11) is -3.41. The largest absolute Gasteiger partial charge is 0.240 e. The summed E-state index contributed by atoms with van der Waals surface area (Å²) in [6.07, 6.45) is 3.56. The van der Waals surface area contributed by atoms with Crippen molar-refractivity contribution in [2.24, 2.45) is 5.92 Å². The third-order valence-electron chi connectivity index (χ3n) is 2.25. The van der Waals surface area contributed by atoms with E-state index in [-0.39, 0.29) is 11.4 Å². The minimum Gasteiger partial charge on any atom is -0.207 e. The Hall–Kier alpha value is -1.35. The molecule has 18 heavy (non-hydrogen) atoms. The SMILES string of the molecule is Cc1ccc(S(=O)(=O)NCC=C=CC(C)C)cc1. The van der Waals surface area contributed by atoms with Crippen molar-refractivity contribution in [2.45, 2.75) is 25.7 Å². The van der Waals surface area contributed by atoms with Crippen molar-refractivity contribution >= 4 is 10.0 Å². The van der Waals surface area contributed by atoms with Crippen molar-refractivity contribution < 1.29 is 8.42 Å². The normalized spacial score (nSPS) is 11.1. The van der Waals surface area contributed by atoms with E-state index >= 15 is 0 Å². The van der Waals surface area contributed by atoms with Crippen LogP contribution in [0.15, 0.2) is 47.0 Å². The van der Waals surface area contributed by atoms with Gasteiger partial charge in [-0.25, -0.2) is 13.1 Å². The highest BCUT2D eigenvalue weighted by Crippen LogP contribution is 2.09. The number of aryl methyl sites for hydroxylation is 1. The summed E-state index contributed by atoms with van der Waals surface area (Å²) >= 11 is 0. The Morgan fingerprint density at radius 3 is 2.44 bits per heavy atom. The van der Waals surface area contributed by atoms with Crippen LogP contribution in [-0.2, 0) is 10.0 Å². The van der Waals surface area contributed by atoms with Crippen molar-refractivity contribution in [1.29, 1.82) is 0 Å². The number of benzene rings is 1. The van der Waals surface area contributed by atoms with Gasteiger partial charge in [-0.2, -0.15) is 0 Å². The zero-order valence-electron chi connectivity index (χ0n) is 11.0. The van der Waals surface area contributed by atoms with E-state index in [1.807, 2.05) is 26.8 Å². The minimum absolute atomic E-state index is 0.249. The zero-order valence-corrected chi connectivity index (χ0v) is 11.8. The van der Waals surface area contributed by atoms with Crippen molar-refractivity contribution in [3.8, 4) is 0 Å². The predicted molar refractivity (Wildman–Crippen MR) is 73.9 cm³/mol. The molecule has 0 aromatic heterocycles. The van der Waals surface area contributed by atoms with E-state index in [2.05, 4.69) is 10.5 Å². The van der Waals surface area contributed by atoms with Crippen molar-refractivity contribution in [3.63, 3.8) is 0 Å². The van der Waals surface area contributed by atoms with Gasteiger partial charge < -0.3 is 0 Å². The van der Waals surface area contributed by atoms with Gasteiger partial charge in [0.05, 0.1) is 4.90 Å². The highest BCUT2D eigenvalue weighted by Gasteiger charge is 2.11. The predicted octanol–water partition coefficient (Wildman–Crippen LogP) is 2.64. The molecule has 1 aromatic rings. The van der Waals surface area contributed by atoms with Gasteiger partial charge in [0.2, 0.25) is 10.0 Å². The van der Waals surface area contributed by atoms with Gasteiger partial charge >= 0.3 is 0 Å². The summed E-state index contributed by atoms with van der Waals surface area (Å²) in [4.78, 5) is 0.286. The summed E-state index contributed by atoms with van der Waals surface area (Å²) in [5.74, 6) is 0.412. The Bertz CT molecular complexity index is 536. The fraction of sp³-hybridized carbons (Fsp3) is 0.357. The van der Waals surface area contributed by atoms with E-state index in [9.17, 15) is 8.42 Å². The van der Waals surface area contributed by atoms with Crippen LogP contribution >= 0.6 is 0 Å². The Balaban J connectivity index is 2.66. The molecule has 0 spiro atoms. The van der Waals surface area contributed by atoms with Crippen molar-refractivity contribution in [1.82, 2.24) is 4.72 Å². The van der Waals surface area contributed by atoms with Gasteiger partial charge in [-0.1, -0.05) is 31.5 Å². The van der Waals surface area contributed by atoms with E-state index in [1.165, 1.54) is 0 Å². The number of hydrogen-bond acceptors (Lipinski definition) is 2. The molecule has 0 aliphatic rings. The van der Waals surface area contributed by atoms with E-state index < -0.39 is 10.0 Å². The molecule has 0 saturated heterocycles. The van der Waals surface area contributed by atoms with Crippen LogP contribution in [0, 0.1) is 12.8 Å². The summed E-state index contributed by atoms with van der Waals surface area (Å²) in [5.41, 5.74) is 3.98. The molecule has 0 heterocycles. The fourth-order valence-corrected chi connectivity index (χ4v) is 2.24. The molecular weight excluding hydrogens is 246 g/mol. The molecule has 0 amide bonds. The summed E-state index contributed by atoms with van der Waals surface area (Å²) in [5, 5.41) is 0. The van der Waals surface area contributed by atoms with Gasteiger partial charge in [0.15, 0.2) is 0 Å². The van der Waals surface area contributed by atoms with Gasteiger partial charge in [0.25, 0.3) is 0 Å². The van der Waals surface area contributed by atoms with Gasteiger partial charge in [0, 0.05) is 6.54 Å². The first-order valence-corrected chi connectivity index (χ1v) is 7.37. The molecule has 1 aromatic carbocycles. The molecule has 0 bridgehead atoms. The number of rotatable bonds is 5. The first kappa shape index (κ1) is 14.7. The van der Waals surface area contributed by atoms with Crippen molar-refractivity contribution in [2.75, 3.05) is 6.54 Å². The zero-order chi connectivity index (χ0) is 13.6. The van der Waals surface area contributed by atoms with Crippen LogP contribution in [0.2, 0.25) is 0 Å². The fourth-order valence-electron chi connectivity index (χ4n) is 1.27. The molecular formula is C14H19NO2S. The highest BCUT2D eigenvalue weighted by molar-refractivity contribution is 7.89. The van der Waals surface area contributed by atoms with Gasteiger partial charge in [-0.05, 0) is 37.1 Å². The summed E-state index contributed by atoms with van der Waals surface area (Å²) < 4.78 is 26.2. The van der Waals surface area contributed by atoms with Crippen LogP contribution in [0.4, 0.5) is 0 Å². The number of sulfonamides is 1. The number of nitrogens with one attached hydrogen (secondary N) is 1. The minimum atomic E-state index is -3.41. The lowest BCUT2D eigenvalue weighted by Gasteiger charge is -2.04. The van der Waals surface area contributed by atoms with Crippen molar-refractivity contribution in [3.05, 3.63) is 47.7 Å². The highest BCUT2D eigenvalue weighted by atomic mass is 32.2. The van der Waals surface area contributed by atoms with Crippen LogP contribution in [0.1, 0.15) is 19.4 Å². The second-order valence-electron chi connectivity index (χ2n) is 4.45. The molecule has 0 saturated carbocycles. The molecule has 0 aliphatic heterocycles. The lowest BCUT2D eigenvalue weighted by molar-refractivity contribution is 0.585. The molecule has 0 radical (unpaired) electrons. The molecule has 0 aliphatic carbocycles. The standard InChI is InChI=1S/C14H19NO2S/c1-12(2)6-4-5-11-15-18(16,17)14-9-7-13(3)8-10-14/h5-10,12,15H,11H2,1-3H3.